The van der Waals surface area contributed by atoms with Gasteiger partial charge in [-0.25, -0.2) is 19.3 Å². The molecule has 0 aliphatic rings. The Morgan fingerprint density at radius 3 is 1.25 bits per heavy atom. The summed E-state index contributed by atoms with van der Waals surface area (Å²) in [4.78, 5) is 36.6. The molecule has 6 rings (SSSR count). The number of aromatic nitrogens is 10. The van der Waals surface area contributed by atoms with E-state index >= 15 is 0 Å². The van der Waals surface area contributed by atoms with Gasteiger partial charge in [0.1, 0.15) is 23.0 Å². The van der Waals surface area contributed by atoms with Crippen LogP contribution in [0.15, 0.2) is 70.5 Å². The van der Waals surface area contributed by atoms with Gasteiger partial charge < -0.3 is 9.97 Å². The first-order chi connectivity index (χ1) is 24.3. The fourth-order valence-corrected chi connectivity index (χ4v) is 5.51. The van der Waals surface area contributed by atoms with Crippen molar-refractivity contribution in [1.82, 2.24) is 49.9 Å². The fourth-order valence-electron chi connectivity index (χ4n) is 5.51. The number of H-pyrrole nitrogens is 2. The van der Waals surface area contributed by atoms with E-state index in [0.29, 0.717) is 56.7 Å². The molecule has 0 fully saturated rings. The second kappa shape index (κ2) is 14.4. The maximum atomic E-state index is 12.8. The Kier molecular flexibility index (Phi) is 10.3. The van der Waals surface area contributed by atoms with Crippen LogP contribution in [0.25, 0.3) is 22.8 Å². The zero-order valence-corrected chi connectivity index (χ0v) is 28.6. The van der Waals surface area contributed by atoms with Crippen LogP contribution < -0.4 is 11.1 Å². The molecular weight excluding hydrogens is 694 g/mol. The van der Waals surface area contributed by atoms with Crippen LogP contribution >= 0.6 is 0 Å². The molecule has 0 saturated heterocycles. The summed E-state index contributed by atoms with van der Waals surface area (Å²) in [7, 11) is 0. The molecule has 12 nitrogen and oxygen atoms in total. The van der Waals surface area contributed by atoms with Crippen molar-refractivity contribution in [2.75, 3.05) is 0 Å². The van der Waals surface area contributed by atoms with Gasteiger partial charge in [-0.15, -0.1) is 10.2 Å². The van der Waals surface area contributed by atoms with Crippen molar-refractivity contribution in [2.45, 2.75) is 66.0 Å². The Bertz CT molecular complexity index is 2180. The normalized spacial score (nSPS) is 13.0. The molecule has 0 unspecified atom stereocenters. The molecule has 6 aromatic rings. The highest BCUT2D eigenvalue weighted by Gasteiger charge is 2.32. The third kappa shape index (κ3) is 8.50. The maximum Gasteiger partial charge on any atom is 0.416 e. The molecule has 0 radical (unpaired) electrons. The first-order valence-corrected chi connectivity index (χ1v) is 15.7. The maximum absolute atomic E-state index is 12.8. The quantitative estimate of drug-likeness (QED) is 0.184. The van der Waals surface area contributed by atoms with Gasteiger partial charge >= 0.3 is 12.4 Å². The van der Waals surface area contributed by atoms with Crippen molar-refractivity contribution < 1.29 is 26.3 Å². The van der Waals surface area contributed by atoms with Gasteiger partial charge in [-0.05, 0) is 88.1 Å². The number of aromatic amines is 2. The predicted octanol–water partition coefficient (Wildman–Crippen LogP) is 6.55. The van der Waals surface area contributed by atoms with E-state index in [1.165, 1.54) is 33.6 Å². The lowest BCUT2D eigenvalue weighted by Gasteiger charge is -2.16. The van der Waals surface area contributed by atoms with Crippen molar-refractivity contribution >= 4 is 0 Å². The minimum Gasteiger partial charge on any atom is -0.311 e. The van der Waals surface area contributed by atoms with Gasteiger partial charge in [0.25, 0.3) is 11.1 Å². The number of nitrogens with one attached hydrogen (secondary N) is 2. The lowest BCUT2D eigenvalue weighted by atomic mass is 10.00. The third-order valence-electron chi connectivity index (χ3n) is 8.15. The van der Waals surface area contributed by atoms with E-state index < -0.39 is 23.5 Å². The molecule has 0 aliphatic carbocycles. The SMILES string of the molecule is Cc1nc(-c2cn([C@@H](C)c3ccc(C(F)(F)F)cc3C)nn2)cc(=O)[nH]1.Cc1nc(-c2cn([C@H](C)c3ccc(C(F)(F)F)cc3C)nn2)cc(=O)[nH]1. The summed E-state index contributed by atoms with van der Waals surface area (Å²) in [6.07, 6.45) is -5.53. The van der Waals surface area contributed by atoms with E-state index in [1.54, 1.807) is 40.1 Å². The monoisotopic (exact) mass is 726 g/mol. The Labute approximate surface area is 291 Å². The number of aryl methyl sites for hydroxylation is 4. The number of benzene rings is 2. The molecule has 4 aromatic heterocycles. The largest absolute Gasteiger partial charge is 0.416 e. The molecular formula is C34H32F6N10O2. The third-order valence-corrected chi connectivity index (χ3v) is 8.15. The summed E-state index contributed by atoms with van der Waals surface area (Å²) in [6.45, 7) is 10.2. The summed E-state index contributed by atoms with van der Waals surface area (Å²) in [5, 5.41) is 16.1. The van der Waals surface area contributed by atoms with E-state index in [9.17, 15) is 35.9 Å². The number of hydrogen-bond acceptors (Lipinski definition) is 8. The highest BCUT2D eigenvalue weighted by molar-refractivity contribution is 5.52. The van der Waals surface area contributed by atoms with E-state index in [4.69, 9.17) is 0 Å². The molecule has 0 spiro atoms. The molecule has 2 N–H and O–H groups in total. The van der Waals surface area contributed by atoms with Crippen LogP contribution in [0.2, 0.25) is 0 Å². The van der Waals surface area contributed by atoms with Gasteiger partial charge in [0, 0.05) is 12.1 Å². The summed E-state index contributed by atoms with van der Waals surface area (Å²) in [5.41, 5.74) is 2.04. The number of halogens is 6. The Hall–Kier alpha value is -5.94. The van der Waals surface area contributed by atoms with Crippen LogP contribution in [-0.4, -0.2) is 49.9 Å². The molecule has 18 heteroatoms. The van der Waals surface area contributed by atoms with Crippen molar-refractivity contribution in [1.29, 1.82) is 0 Å². The number of rotatable bonds is 6. The summed E-state index contributed by atoms with van der Waals surface area (Å²) in [6, 6.07) is 9.20. The minimum absolute atomic E-state index is 0.298. The van der Waals surface area contributed by atoms with Crippen LogP contribution in [0.5, 0.6) is 0 Å². The highest BCUT2D eigenvalue weighted by Crippen LogP contribution is 2.34. The van der Waals surface area contributed by atoms with Crippen LogP contribution in [0.1, 0.15) is 71.0 Å². The van der Waals surface area contributed by atoms with E-state index in [-0.39, 0.29) is 23.2 Å². The van der Waals surface area contributed by atoms with Gasteiger partial charge in [0.05, 0.1) is 47.0 Å². The summed E-state index contributed by atoms with van der Waals surface area (Å²) in [5.74, 6) is 0.905. The second-order valence-electron chi connectivity index (χ2n) is 12.1. The average Bonchev–Trinajstić information content (AvgIpc) is 3.74. The lowest BCUT2D eigenvalue weighted by molar-refractivity contribution is -0.138. The molecule has 2 aromatic carbocycles. The van der Waals surface area contributed by atoms with Gasteiger partial charge in [-0.3, -0.25) is 9.59 Å². The van der Waals surface area contributed by atoms with Crippen molar-refractivity contribution in [3.8, 4) is 22.8 Å². The van der Waals surface area contributed by atoms with Gasteiger partial charge in [0.15, 0.2) is 0 Å². The van der Waals surface area contributed by atoms with Crippen molar-refractivity contribution in [2.24, 2.45) is 0 Å². The topological polar surface area (TPSA) is 153 Å². The minimum atomic E-state index is -4.38. The molecule has 272 valence electrons. The zero-order valence-electron chi connectivity index (χ0n) is 28.6. The Morgan fingerprint density at radius 2 is 0.942 bits per heavy atom. The number of nitrogens with zero attached hydrogens (tertiary/aromatic N) is 8. The van der Waals surface area contributed by atoms with Crippen LogP contribution in [-0.2, 0) is 12.4 Å². The highest BCUT2D eigenvalue weighted by atomic mass is 19.4. The Morgan fingerprint density at radius 1 is 0.577 bits per heavy atom. The summed E-state index contributed by atoms with van der Waals surface area (Å²) < 4.78 is 80.0. The van der Waals surface area contributed by atoms with E-state index in [1.807, 2.05) is 13.8 Å². The van der Waals surface area contributed by atoms with Gasteiger partial charge in [0.2, 0.25) is 0 Å². The molecule has 0 saturated carbocycles. The smallest absolute Gasteiger partial charge is 0.311 e. The average molecular weight is 727 g/mol. The summed E-state index contributed by atoms with van der Waals surface area (Å²) >= 11 is 0. The van der Waals surface area contributed by atoms with Gasteiger partial charge in [-0.2, -0.15) is 26.3 Å². The second-order valence-corrected chi connectivity index (χ2v) is 12.1. The standard InChI is InChI=1S/2C17H16F3N5O/c2*1-9-6-12(17(18,19)20)4-5-13(9)10(2)25-8-15(23-24-25)14-7-16(26)22-11(3)21-14/h2*4-8,10H,1-3H3,(H,21,22,26)/t2*10-/m10/s1. The first kappa shape index (κ1) is 37.3. The fraction of sp³-hybridized carbons (Fsp3) is 0.294. The molecule has 52 heavy (non-hydrogen) atoms. The number of alkyl halides is 6. The van der Waals surface area contributed by atoms with Crippen LogP contribution in [0.3, 0.4) is 0 Å². The van der Waals surface area contributed by atoms with Crippen LogP contribution in [0, 0.1) is 27.7 Å². The zero-order chi connectivity index (χ0) is 38.1. The van der Waals surface area contributed by atoms with Crippen LogP contribution in [0.4, 0.5) is 26.3 Å². The molecule has 0 aliphatic heterocycles. The molecule has 4 heterocycles. The van der Waals surface area contributed by atoms with E-state index in [0.717, 1.165) is 24.3 Å². The first-order valence-electron chi connectivity index (χ1n) is 15.7. The molecule has 0 bridgehead atoms. The lowest BCUT2D eigenvalue weighted by Crippen LogP contribution is -2.11. The Balaban J connectivity index is 0.000000201. The van der Waals surface area contributed by atoms with E-state index in [2.05, 4.69) is 40.6 Å². The van der Waals surface area contributed by atoms with Gasteiger partial charge in [-0.1, -0.05) is 22.6 Å². The predicted molar refractivity (Wildman–Crippen MR) is 177 cm³/mol. The van der Waals surface area contributed by atoms with Crippen molar-refractivity contribution in [3.05, 3.63) is 127 Å². The number of hydrogen-bond donors (Lipinski definition) is 2. The molecule has 0 amide bonds. The molecule has 2 atom stereocenters. The van der Waals surface area contributed by atoms with Crippen molar-refractivity contribution in [3.63, 3.8) is 0 Å².